The van der Waals surface area contributed by atoms with Gasteiger partial charge in [0.1, 0.15) is 0 Å². The molecule has 0 atom stereocenters. The maximum Gasteiger partial charge on any atom is 0.0406 e. The predicted molar refractivity (Wildman–Crippen MR) is 101 cm³/mol. The summed E-state index contributed by atoms with van der Waals surface area (Å²) >= 11 is 6.02. The van der Waals surface area contributed by atoms with Crippen molar-refractivity contribution < 1.29 is 0 Å². The standard InChI is InChI=1S/C20H31ClSi/c1-2-3-16-4-10-20(11-5-16)22-14-12-18(13-15-22)17-6-8-19(21)9-7-17/h6-9,16,18,20,22H,2-5,10-15H2,1H3/t16-,18-,20-,22-. The summed E-state index contributed by atoms with van der Waals surface area (Å²) in [6.45, 7) is 2.35. The van der Waals surface area contributed by atoms with E-state index in [0.717, 1.165) is 16.9 Å². The van der Waals surface area contributed by atoms with Crippen molar-refractivity contribution >= 4 is 20.4 Å². The van der Waals surface area contributed by atoms with E-state index in [-0.39, 0.29) is 0 Å². The van der Waals surface area contributed by atoms with E-state index in [2.05, 4.69) is 31.2 Å². The van der Waals surface area contributed by atoms with E-state index in [0.29, 0.717) is 0 Å². The monoisotopic (exact) mass is 334 g/mol. The Morgan fingerprint density at radius 1 is 0.955 bits per heavy atom. The van der Waals surface area contributed by atoms with Crippen LogP contribution >= 0.6 is 11.6 Å². The molecule has 2 aliphatic rings. The highest BCUT2D eigenvalue weighted by atomic mass is 35.5. The van der Waals surface area contributed by atoms with Crippen LogP contribution in [0.15, 0.2) is 24.3 Å². The minimum Gasteiger partial charge on any atom is -0.0843 e. The summed E-state index contributed by atoms with van der Waals surface area (Å²) in [7, 11) is -0.453. The second-order valence-electron chi connectivity index (χ2n) is 7.73. The number of rotatable bonds is 4. The Hall–Kier alpha value is -0.273. The maximum absolute atomic E-state index is 6.02. The highest BCUT2D eigenvalue weighted by Gasteiger charge is 2.31. The van der Waals surface area contributed by atoms with Gasteiger partial charge in [-0.3, -0.25) is 0 Å². The molecule has 0 spiro atoms. The molecule has 0 radical (unpaired) electrons. The molecule has 0 unspecified atom stereocenters. The summed E-state index contributed by atoms with van der Waals surface area (Å²) in [4.78, 5) is 0. The summed E-state index contributed by atoms with van der Waals surface area (Å²) in [6, 6.07) is 11.8. The molecule has 1 heterocycles. The van der Waals surface area contributed by atoms with E-state index in [9.17, 15) is 0 Å². The fraction of sp³-hybridized carbons (Fsp3) is 0.700. The molecule has 1 aromatic carbocycles. The topological polar surface area (TPSA) is 0 Å². The third-order valence-corrected chi connectivity index (χ3v) is 10.8. The van der Waals surface area contributed by atoms with Gasteiger partial charge in [-0.2, -0.15) is 0 Å². The third kappa shape index (κ3) is 4.17. The first kappa shape index (κ1) is 16.6. The van der Waals surface area contributed by atoms with Crippen LogP contribution in [-0.4, -0.2) is 8.80 Å². The van der Waals surface area contributed by atoms with Crippen LogP contribution in [0.4, 0.5) is 0 Å². The Labute approximate surface area is 143 Å². The van der Waals surface area contributed by atoms with Gasteiger partial charge in [0.25, 0.3) is 0 Å². The van der Waals surface area contributed by atoms with Gasteiger partial charge in [-0.25, -0.2) is 0 Å². The quantitative estimate of drug-likeness (QED) is 0.531. The lowest BCUT2D eigenvalue weighted by Gasteiger charge is -2.37. The second-order valence-corrected chi connectivity index (χ2v) is 11.8. The molecule has 0 bridgehead atoms. The largest absolute Gasteiger partial charge is 0.0843 e. The Balaban J connectivity index is 1.47. The van der Waals surface area contributed by atoms with Crippen molar-refractivity contribution in [2.24, 2.45) is 5.92 Å². The SMILES string of the molecule is CCC[C@H]1CC[C@H]([Si@H]2CC[C@H](c3ccc(Cl)cc3)CC2)CC1. The predicted octanol–water partition coefficient (Wildman–Crippen LogP) is 6.81. The zero-order valence-electron chi connectivity index (χ0n) is 14.1. The van der Waals surface area contributed by atoms with Crippen molar-refractivity contribution in [2.75, 3.05) is 0 Å². The van der Waals surface area contributed by atoms with Crippen LogP contribution < -0.4 is 0 Å². The molecule has 1 saturated carbocycles. The average Bonchev–Trinajstić information content (AvgIpc) is 2.57. The number of hydrogen-bond donors (Lipinski definition) is 0. The molecule has 2 heteroatoms. The van der Waals surface area contributed by atoms with Gasteiger partial charge in [-0.15, -0.1) is 0 Å². The highest BCUT2D eigenvalue weighted by Crippen LogP contribution is 2.43. The molecule has 1 aliphatic heterocycles. The zero-order valence-corrected chi connectivity index (χ0v) is 16.0. The molecular weight excluding hydrogens is 304 g/mol. The van der Waals surface area contributed by atoms with E-state index >= 15 is 0 Å². The first-order chi connectivity index (χ1) is 10.8. The summed E-state index contributed by atoms with van der Waals surface area (Å²) in [5.74, 6) is 1.89. The normalized spacial score (nSPS) is 32.8. The van der Waals surface area contributed by atoms with Crippen molar-refractivity contribution in [3.8, 4) is 0 Å². The van der Waals surface area contributed by atoms with Gasteiger partial charge in [0.2, 0.25) is 0 Å². The van der Waals surface area contributed by atoms with Crippen LogP contribution in [0.2, 0.25) is 22.7 Å². The fourth-order valence-electron chi connectivity index (χ4n) is 5.02. The second kappa shape index (κ2) is 8.01. The van der Waals surface area contributed by atoms with Gasteiger partial charge in [0, 0.05) is 13.8 Å². The molecule has 1 saturated heterocycles. The van der Waals surface area contributed by atoms with Crippen LogP contribution in [0.1, 0.15) is 69.8 Å². The first-order valence-corrected chi connectivity index (χ1v) is 12.2. The number of halogens is 1. The summed E-state index contributed by atoms with van der Waals surface area (Å²) < 4.78 is 0. The molecule has 3 rings (SSSR count). The van der Waals surface area contributed by atoms with E-state index in [4.69, 9.17) is 11.6 Å². The molecule has 2 fully saturated rings. The van der Waals surface area contributed by atoms with Gasteiger partial charge in [0.05, 0.1) is 0 Å². The lowest BCUT2D eigenvalue weighted by Crippen LogP contribution is -2.29. The summed E-state index contributed by atoms with van der Waals surface area (Å²) in [5.41, 5.74) is 2.71. The minimum absolute atomic E-state index is 0.453. The van der Waals surface area contributed by atoms with Crippen molar-refractivity contribution in [3.63, 3.8) is 0 Å². The molecule has 1 aliphatic carbocycles. The van der Waals surface area contributed by atoms with Crippen LogP contribution in [0.25, 0.3) is 0 Å². The molecule has 1 aromatic rings. The smallest absolute Gasteiger partial charge is 0.0406 e. The fourth-order valence-corrected chi connectivity index (χ4v) is 9.36. The zero-order chi connectivity index (χ0) is 15.4. The van der Waals surface area contributed by atoms with E-state index in [1.807, 2.05) is 0 Å². The average molecular weight is 335 g/mol. The van der Waals surface area contributed by atoms with Crippen molar-refractivity contribution in [1.29, 1.82) is 0 Å². The van der Waals surface area contributed by atoms with Gasteiger partial charge < -0.3 is 0 Å². The first-order valence-electron chi connectivity index (χ1n) is 9.51. The molecule has 0 aromatic heterocycles. The van der Waals surface area contributed by atoms with Crippen LogP contribution in [0.5, 0.6) is 0 Å². The number of hydrogen-bond acceptors (Lipinski definition) is 0. The van der Waals surface area contributed by atoms with E-state index < -0.39 is 8.80 Å². The molecule has 0 N–H and O–H groups in total. The summed E-state index contributed by atoms with van der Waals surface area (Å²) in [6.07, 6.45) is 12.0. The Morgan fingerprint density at radius 3 is 2.18 bits per heavy atom. The highest BCUT2D eigenvalue weighted by molar-refractivity contribution is 6.60. The lowest BCUT2D eigenvalue weighted by atomic mass is 9.86. The number of benzene rings is 1. The molecular formula is C20H31ClSi. The van der Waals surface area contributed by atoms with Crippen molar-refractivity contribution in [1.82, 2.24) is 0 Å². The van der Waals surface area contributed by atoms with Crippen LogP contribution in [0, 0.1) is 5.92 Å². The van der Waals surface area contributed by atoms with Gasteiger partial charge >= 0.3 is 0 Å². The van der Waals surface area contributed by atoms with Crippen molar-refractivity contribution in [3.05, 3.63) is 34.9 Å². The van der Waals surface area contributed by atoms with Gasteiger partial charge in [0.15, 0.2) is 0 Å². The maximum atomic E-state index is 6.02. The molecule has 0 nitrogen and oxygen atoms in total. The Morgan fingerprint density at radius 2 is 1.59 bits per heavy atom. The van der Waals surface area contributed by atoms with E-state index in [1.165, 1.54) is 36.8 Å². The third-order valence-electron chi connectivity index (χ3n) is 6.37. The van der Waals surface area contributed by atoms with Crippen molar-refractivity contribution in [2.45, 2.75) is 81.8 Å². The Kier molecular flexibility index (Phi) is 6.04. The van der Waals surface area contributed by atoms with Gasteiger partial charge in [-0.05, 0) is 47.9 Å². The Bertz CT molecular complexity index is 439. The molecule has 122 valence electrons. The van der Waals surface area contributed by atoms with Gasteiger partial charge in [-0.1, -0.05) is 81.3 Å². The minimum atomic E-state index is -0.453. The lowest BCUT2D eigenvalue weighted by molar-refractivity contribution is 0.332. The van der Waals surface area contributed by atoms with Crippen LogP contribution in [-0.2, 0) is 0 Å². The summed E-state index contributed by atoms with van der Waals surface area (Å²) in [5, 5.41) is 0.871. The van der Waals surface area contributed by atoms with Crippen LogP contribution in [0.3, 0.4) is 0 Å². The molecule has 0 amide bonds. The molecule has 22 heavy (non-hydrogen) atoms. The van der Waals surface area contributed by atoms with E-state index in [1.54, 1.807) is 37.8 Å².